The molecule has 0 spiro atoms. The molecular formula is C32H42N4O12. The lowest BCUT2D eigenvalue weighted by atomic mass is 9.93. The van der Waals surface area contributed by atoms with Crippen LogP contribution in [0, 0.1) is 0 Å². The van der Waals surface area contributed by atoms with Crippen molar-refractivity contribution in [1.82, 2.24) is 15.5 Å². The van der Waals surface area contributed by atoms with Crippen molar-refractivity contribution in [1.29, 1.82) is 0 Å². The second kappa shape index (κ2) is 18.0. The van der Waals surface area contributed by atoms with Gasteiger partial charge in [0.25, 0.3) is 11.8 Å². The van der Waals surface area contributed by atoms with Crippen molar-refractivity contribution in [3.05, 3.63) is 41.5 Å². The molecule has 2 aliphatic rings. The molecule has 5 atom stereocenters. The number of carbonyl (C=O) groups excluding carboxylic acids is 6. The number of ether oxygens (including phenoxy) is 2. The van der Waals surface area contributed by atoms with Crippen LogP contribution in [0.25, 0.3) is 0 Å². The molecule has 48 heavy (non-hydrogen) atoms. The third kappa shape index (κ3) is 11.5. The van der Waals surface area contributed by atoms with Crippen LogP contribution < -0.4 is 16.0 Å². The number of carboxylic acid groups (broad SMARTS) is 1. The number of amides is 5. The second-order valence-corrected chi connectivity index (χ2v) is 11.6. The fourth-order valence-corrected chi connectivity index (χ4v) is 5.18. The fourth-order valence-electron chi connectivity index (χ4n) is 5.18. The standard InChI is InChI=1S/C32H42N4O12/c1-18(34-26(40)16-33-25(39)6-4-3-5-13-36-27(41)11-12-28(36)42)31(44)35-22-9-7-21(17-47-19(2)37)20(14-22)8-10-23-15-24(38)29(43)30(48-23)32(45)46/h7,9,11-12,14,18,23-24,29-30,38,43H,3-6,8,10,13,15-17H2,1-2H3,(H,33,39)(H,34,40)(H,35,44)(H,45,46)/t18?,23?,24?,29-,30?/m0/s1. The average molecular weight is 675 g/mol. The van der Waals surface area contributed by atoms with Gasteiger partial charge in [-0.3, -0.25) is 33.7 Å². The van der Waals surface area contributed by atoms with Crippen LogP contribution in [0.1, 0.15) is 63.5 Å². The van der Waals surface area contributed by atoms with Crippen LogP contribution in [-0.2, 0) is 56.1 Å². The predicted molar refractivity (Wildman–Crippen MR) is 167 cm³/mol. The molecule has 2 heterocycles. The summed E-state index contributed by atoms with van der Waals surface area (Å²) in [5.41, 5.74) is 1.65. The molecule has 0 bridgehead atoms. The van der Waals surface area contributed by atoms with Crippen LogP contribution in [0.15, 0.2) is 30.4 Å². The van der Waals surface area contributed by atoms with Crippen molar-refractivity contribution in [2.45, 2.75) is 95.9 Å². The Morgan fingerprint density at radius 3 is 2.40 bits per heavy atom. The molecule has 4 unspecified atom stereocenters. The molecule has 0 radical (unpaired) electrons. The van der Waals surface area contributed by atoms with E-state index in [1.54, 1.807) is 18.2 Å². The minimum atomic E-state index is -1.58. The van der Waals surface area contributed by atoms with E-state index in [1.165, 1.54) is 26.0 Å². The van der Waals surface area contributed by atoms with Gasteiger partial charge in [-0.2, -0.15) is 0 Å². The van der Waals surface area contributed by atoms with E-state index >= 15 is 0 Å². The maximum Gasteiger partial charge on any atom is 0.335 e. The van der Waals surface area contributed by atoms with Gasteiger partial charge in [-0.15, -0.1) is 0 Å². The Hall–Kier alpha value is -4.67. The minimum absolute atomic E-state index is 0.0155. The summed E-state index contributed by atoms with van der Waals surface area (Å²) in [7, 11) is 0. The normalized spacial score (nSPS) is 21.0. The van der Waals surface area contributed by atoms with Gasteiger partial charge in [0.1, 0.15) is 18.8 Å². The van der Waals surface area contributed by atoms with Crippen molar-refractivity contribution in [3.8, 4) is 0 Å². The largest absolute Gasteiger partial charge is 0.479 e. The summed E-state index contributed by atoms with van der Waals surface area (Å²) < 4.78 is 10.6. The third-order valence-electron chi connectivity index (χ3n) is 7.83. The number of aliphatic carboxylic acids is 1. The number of hydrogen-bond acceptors (Lipinski definition) is 11. The van der Waals surface area contributed by atoms with Gasteiger partial charge in [0, 0.05) is 44.1 Å². The number of imide groups is 1. The van der Waals surface area contributed by atoms with Crippen molar-refractivity contribution >= 4 is 47.2 Å². The zero-order valence-electron chi connectivity index (χ0n) is 26.8. The van der Waals surface area contributed by atoms with Gasteiger partial charge in [-0.25, -0.2) is 4.79 Å². The van der Waals surface area contributed by atoms with Gasteiger partial charge >= 0.3 is 11.9 Å². The number of carbonyl (C=O) groups is 7. The zero-order chi connectivity index (χ0) is 35.4. The smallest absolute Gasteiger partial charge is 0.335 e. The molecule has 1 aromatic carbocycles. The van der Waals surface area contributed by atoms with E-state index in [0.717, 1.165) is 4.90 Å². The van der Waals surface area contributed by atoms with Crippen LogP contribution in [0.3, 0.4) is 0 Å². The Balaban J connectivity index is 1.46. The maximum atomic E-state index is 12.8. The number of nitrogens with zero attached hydrogens (tertiary/aromatic N) is 1. The van der Waals surface area contributed by atoms with Gasteiger partial charge in [0.2, 0.25) is 17.7 Å². The molecule has 1 aromatic rings. The van der Waals surface area contributed by atoms with Crippen molar-refractivity contribution in [2.24, 2.45) is 0 Å². The zero-order valence-corrected chi connectivity index (χ0v) is 26.8. The quantitative estimate of drug-likeness (QED) is 0.0709. The first kappa shape index (κ1) is 37.8. The molecule has 0 saturated carbocycles. The lowest BCUT2D eigenvalue weighted by molar-refractivity contribution is -0.193. The summed E-state index contributed by atoms with van der Waals surface area (Å²) in [4.78, 5) is 84.4. The number of aryl methyl sites for hydroxylation is 1. The number of nitrogens with one attached hydrogen (secondary N) is 3. The number of hydrogen-bond donors (Lipinski definition) is 6. The van der Waals surface area contributed by atoms with Gasteiger partial charge in [-0.1, -0.05) is 12.5 Å². The molecule has 6 N–H and O–H groups in total. The first-order valence-electron chi connectivity index (χ1n) is 15.6. The highest BCUT2D eigenvalue weighted by atomic mass is 16.5. The highest BCUT2D eigenvalue weighted by Gasteiger charge is 2.40. The van der Waals surface area contributed by atoms with E-state index in [-0.39, 0.29) is 56.7 Å². The van der Waals surface area contributed by atoms with Gasteiger partial charge in [-0.05, 0) is 55.9 Å². The number of rotatable bonds is 17. The summed E-state index contributed by atoms with van der Waals surface area (Å²) in [6, 6.07) is 3.91. The van der Waals surface area contributed by atoms with E-state index in [4.69, 9.17) is 9.47 Å². The molecule has 3 rings (SSSR count). The lowest BCUT2D eigenvalue weighted by Crippen LogP contribution is -2.51. The van der Waals surface area contributed by atoms with Gasteiger partial charge in [0.15, 0.2) is 6.10 Å². The van der Waals surface area contributed by atoms with Crippen molar-refractivity contribution in [2.75, 3.05) is 18.4 Å². The SMILES string of the molecule is CC(=O)OCc1ccc(NC(=O)C(C)NC(=O)CNC(=O)CCCCCN2C(=O)C=CC2=O)cc1CCC1CC(O)[C@H](O)C(C(=O)O)O1. The maximum absolute atomic E-state index is 12.8. The van der Waals surface area contributed by atoms with E-state index in [9.17, 15) is 48.9 Å². The summed E-state index contributed by atoms with van der Waals surface area (Å²) in [6.45, 7) is 2.60. The highest BCUT2D eigenvalue weighted by molar-refractivity contribution is 6.12. The molecule has 16 nitrogen and oxygen atoms in total. The third-order valence-corrected chi connectivity index (χ3v) is 7.83. The topological polar surface area (TPSA) is 238 Å². The van der Waals surface area contributed by atoms with Crippen molar-refractivity contribution < 1.29 is 58.4 Å². The highest BCUT2D eigenvalue weighted by Crippen LogP contribution is 2.26. The molecule has 0 aliphatic carbocycles. The van der Waals surface area contributed by atoms with Crippen molar-refractivity contribution in [3.63, 3.8) is 0 Å². The number of esters is 1. The van der Waals surface area contributed by atoms with Crippen LogP contribution in [-0.4, -0.2) is 105 Å². The van der Waals surface area contributed by atoms with Crippen LogP contribution in [0.5, 0.6) is 0 Å². The first-order valence-corrected chi connectivity index (χ1v) is 15.6. The molecule has 0 aromatic heterocycles. The Bertz CT molecular complexity index is 1400. The number of aliphatic hydroxyl groups excluding tert-OH is 2. The Labute approximate surface area is 276 Å². The lowest BCUT2D eigenvalue weighted by Gasteiger charge is -2.35. The monoisotopic (exact) mass is 674 g/mol. The average Bonchev–Trinajstić information content (AvgIpc) is 3.35. The number of aliphatic hydroxyl groups is 2. The first-order chi connectivity index (χ1) is 22.7. The van der Waals surface area contributed by atoms with E-state index in [2.05, 4.69) is 16.0 Å². The van der Waals surface area contributed by atoms with Gasteiger partial charge in [0.05, 0.1) is 18.8 Å². The number of benzene rings is 1. The van der Waals surface area contributed by atoms with Crippen LogP contribution in [0.4, 0.5) is 5.69 Å². The molecule has 262 valence electrons. The number of unbranched alkanes of at least 4 members (excludes halogenated alkanes) is 2. The molecule has 1 fully saturated rings. The van der Waals surface area contributed by atoms with Crippen LogP contribution >= 0.6 is 0 Å². The fraction of sp³-hybridized carbons (Fsp3) is 0.531. The Morgan fingerprint density at radius 2 is 1.73 bits per heavy atom. The molecule has 16 heteroatoms. The van der Waals surface area contributed by atoms with E-state index in [0.29, 0.717) is 42.5 Å². The Morgan fingerprint density at radius 1 is 1.02 bits per heavy atom. The molecule has 2 aliphatic heterocycles. The molecule has 5 amide bonds. The second-order valence-electron chi connectivity index (χ2n) is 11.6. The summed E-state index contributed by atoms with van der Waals surface area (Å²) in [5, 5.41) is 37.1. The van der Waals surface area contributed by atoms with Gasteiger partial charge < -0.3 is 40.7 Å². The predicted octanol–water partition coefficient (Wildman–Crippen LogP) is -0.309. The minimum Gasteiger partial charge on any atom is -0.479 e. The van der Waals surface area contributed by atoms with E-state index < -0.39 is 54.2 Å². The summed E-state index contributed by atoms with van der Waals surface area (Å²) in [5.74, 6) is -4.09. The molecular weight excluding hydrogens is 632 g/mol. The number of anilines is 1. The van der Waals surface area contributed by atoms with Crippen LogP contribution in [0.2, 0.25) is 0 Å². The van der Waals surface area contributed by atoms with E-state index in [1.807, 2.05) is 0 Å². The number of carboxylic acids is 1. The Kier molecular flexibility index (Phi) is 14.2. The summed E-state index contributed by atoms with van der Waals surface area (Å²) >= 11 is 0. The molecule has 1 saturated heterocycles. The summed E-state index contributed by atoms with van der Waals surface area (Å²) in [6.07, 6.45) is -0.303.